The summed E-state index contributed by atoms with van der Waals surface area (Å²) in [6.45, 7) is 2.72. The van der Waals surface area contributed by atoms with Gasteiger partial charge in [-0.05, 0) is 70.9 Å². The largest absolute Gasteiger partial charge is 0.494 e. The monoisotopic (exact) mass is 489 g/mol. The Bertz CT molecular complexity index is 1010. The van der Waals surface area contributed by atoms with Gasteiger partial charge in [-0.3, -0.25) is 9.59 Å². The lowest BCUT2D eigenvalue weighted by Gasteiger charge is -2.09. The van der Waals surface area contributed by atoms with Gasteiger partial charge in [0.25, 0.3) is 5.91 Å². The van der Waals surface area contributed by atoms with Gasteiger partial charge >= 0.3 is 0 Å². The van der Waals surface area contributed by atoms with Crippen molar-refractivity contribution in [3.05, 3.63) is 69.0 Å². The molecule has 9 heteroatoms. The molecule has 0 saturated heterocycles. The molecule has 2 N–H and O–H groups in total. The zero-order chi connectivity index (χ0) is 21.3. The molecule has 3 aromatic rings. The van der Waals surface area contributed by atoms with Gasteiger partial charge < -0.3 is 20.1 Å². The molecule has 0 aliphatic rings. The number of ether oxygens (including phenoxy) is 2. The number of thiophene rings is 1. The van der Waals surface area contributed by atoms with Crippen LogP contribution in [0.5, 0.6) is 17.4 Å². The number of carbonyl (C=O) groups is 2. The fraction of sp³-hybridized carbons (Fsp3) is 0.190. The maximum Gasteiger partial charge on any atom is 0.261 e. The van der Waals surface area contributed by atoms with Crippen LogP contribution in [0.3, 0.4) is 0 Å². The molecule has 0 atom stereocenters. The Kier molecular flexibility index (Phi) is 7.81. The molecular weight excluding hydrogens is 470 g/mol. The van der Waals surface area contributed by atoms with Crippen molar-refractivity contribution in [3.63, 3.8) is 0 Å². The SMILES string of the molecule is CCOc1ccc(Oc2cc(CNC(=O)CNC(=O)c3ccc(Br)s3)ccn2)cc1. The van der Waals surface area contributed by atoms with E-state index in [9.17, 15) is 9.59 Å². The molecule has 0 bridgehead atoms. The number of halogens is 1. The van der Waals surface area contributed by atoms with E-state index in [1.807, 2.05) is 19.1 Å². The summed E-state index contributed by atoms with van der Waals surface area (Å²) in [6.07, 6.45) is 1.61. The molecule has 0 saturated carbocycles. The minimum atomic E-state index is -0.287. The Balaban J connectivity index is 1.47. The van der Waals surface area contributed by atoms with Crippen molar-refractivity contribution in [1.82, 2.24) is 15.6 Å². The van der Waals surface area contributed by atoms with Crippen LogP contribution >= 0.6 is 27.3 Å². The van der Waals surface area contributed by atoms with Crippen molar-refractivity contribution in [2.75, 3.05) is 13.2 Å². The van der Waals surface area contributed by atoms with Crippen LogP contribution in [0.25, 0.3) is 0 Å². The van der Waals surface area contributed by atoms with Gasteiger partial charge in [0, 0.05) is 18.8 Å². The summed E-state index contributed by atoms with van der Waals surface area (Å²) in [6, 6.07) is 14.3. The lowest BCUT2D eigenvalue weighted by Crippen LogP contribution is -2.36. The quantitative estimate of drug-likeness (QED) is 0.471. The third kappa shape index (κ3) is 6.57. The van der Waals surface area contributed by atoms with Crippen molar-refractivity contribution in [2.45, 2.75) is 13.5 Å². The van der Waals surface area contributed by atoms with Crippen molar-refractivity contribution in [2.24, 2.45) is 0 Å². The second kappa shape index (κ2) is 10.7. The highest BCUT2D eigenvalue weighted by atomic mass is 79.9. The van der Waals surface area contributed by atoms with Crippen molar-refractivity contribution >= 4 is 39.1 Å². The van der Waals surface area contributed by atoms with Crippen LogP contribution in [0, 0.1) is 0 Å². The fourth-order valence-electron chi connectivity index (χ4n) is 2.45. The van der Waals surface area contributed by atoms with Gasteiger partial charge in [0.15, 0.2) is 0 Å². The van der Waals surface area contributed by atoms with Gasteiger partial charge in [-0.2, -0.15) is 0 Å². The van der Waals surface area contributed by atoms with Gasteiger partial charge in [0.2, 0.25) is 11.8 Å². The third-order valence-electron chi connectivity index (χ3n) is 3.85. The number of hydrogen-bond donors (Lipinski definition) is 2. The van der Waals surface area contributed by atoms with E-state index in [2.05, 4.69) is 31.5 Å². The Morgan fingerprint density at radius 2 is 1.83 bits per heavy atom. The highest BCUT2D eigenvalue weighted by Crippen LogP contribution is 2.23. The molecule has 0 radical (unpaired) electrons. The van der Waals surface area contributed by atoms with Crippen LogP contribution in [0.2, 0.25) is 0 Å². The summed E-state index contributed by atoms with van der Waals surface area (Å²) in [7, 11) is 0. The molecule has 1 aromatic carbocycles. The number of nitrogens with one attached hydrogen (secondary N) is 2. The molecule has 156 valence electrons. The van der Waals surface area contributed by atoms with Crippen molar-refractivity contribution in [3.8, 4) is 17.4 Å². The Morgan fingerprint density at radius 1 is 1.07 bits per heavy atom. The van der Waals surface area contributed by atoms with Crippen LogP contribution < -0.4 is 20.1 Å². The van der Waals surface area contributed by atoms with E-state index in [4.69, 9.17) is 9.47 Å². The summed E-state index contributed by atoms with van der Waals surface area (Å²) < 4.78 is 12.0. The molecule has 0 aliphatic carbocycles. The number of carbonyl (C=O) groups excluding carboxylic acids is 2. The first kappa shape index (κ1) is 21.8. The standard InChI is InChI=1S/C21H20BrN3O4S/c1-2-28-15-3-5-16(6-4-15)29-20-11-14(9-10-23-20)12-24-19(26)13-25-21(27)17-7-8-18(22)30-17/h3-11H,2,12-13H2,1H3,(H,24,26)(H,25,27). The molecule has 0 fully saturated rings. The van der Waals surface area contributed by atoms with E-state index >= 15 is 0 Å². The van der Waals surface area contributed by atoms with Gasteiger partial charge in [-0.15, -0.1) is 11.3 Å². The number of benzene rings is 1. The molecule has 30 heavy (non-hydrogen) atoms. The Labute approximate surface area is 186 Å². The van der Waals surface area contributed by atoms with Crippen LogP contribution in [-0.2, 0) is 11.3 Å². The topological polar surface area (TPSA) is 89.5 Å². The third-order valence-corrected chi connectivity index (χ3v) is 5.48. The number of nitrogens with zero attached hydrogens (tertiary/aromatic N) is 1. The number of amides is 2. The first-order valence-corrected chi connectivity index (χ1v) is 10.8. The first-order chi connectivity index (χ1) is 14.5. The van der Waals surface area contributed by atoms with Crippen LogP contribution in [0.1, 0.15) is 22.2 Å². The molecule has 3 rings (SSSR count). The number of pyridine rings is 1. The summed E-state index contributed by atoms with van der Waals surface area (Å²) in [4.78, 5) is 28.7. The van der Waals surface area contributed by atoms with E-state index in [-0.39, 0.29) is 18.4 Å². The molecule has 2 heterocycles. The van der Waals surface area contributed by atoms with E-state index in [0.717, 1.165) is 15.1 Å². The Morgan fingerprint density at radius 3 is 2.53 bits per heavy atom. The van der Waals surface area contributed by atoms with Gasteiger partial charge in [0.05, 0.1) is 21.8 Å². The summed E-state index contributed by atoms with van der Waals surface area (Å²) in [5.74, 6) is 1.26. The van der Waals surface area contributed by atoms with Crippen molar-refractivity contribution < 1.29 is 19.1 Å². The molecule has 2 amide bonds. The molecule has 7 nitrogen and oxygen atoms in total. The lowest BCUT2D eigenvalue weighted by molar-refractivity contribution is -0.120. The predicted octanol–water partition coefficient (Wildman–Crippen LogP) is 4.14. The van der Waals surface area contributed by atoms with Gasteiger partial charge in [-0.1, -0.05) is 0 Å². The van der Waals surface area contributed by atoms with Crippen LogP contribution in [0.15, 0.2) is 58.5 Å². The van der Waals surface area contributed by atoms with E-state index in [1.165, 1.54) is 11.3 Å². The molecule has 0 aliphatic heterocycles. The smallest absolute Gasteiger partial charge is 0.261 e. The lowest BCUT2D eigenvalue weighted by atomic mass is 10.2. The molecule has 0 unspecified atom stereocenters. The normalized spacial score (nSPS) is 10.3. The maximum absolute atomic E-state index is 12.0. The van der Waals surface area contributed by atoms with Crippen molar-refractivity contribution in [1.29, 1.82) is 0 Å². The first-order valence-electron chi connectivity index (χ1n) is 9.19. The zero-order valence-electron chi connectivity index (χ0n) is 16.2. The molecule has 0 spiro atoms. The maximum atomic E-state index is 12.0. The molecular formula is C21H20BrN3O4S. The minimum absolute atomic E-state index is 0.102. The summed E-state index contributed by atoms with van der Waals surface area (Å²) in [5, 5.41) is 5.36. The van der Waals surface area contributed by atoms with E-state index < -0.39 is 0 Å². The zero-order valence-corrected chi connectivity index (χ0v) is 18.6. The average Bonchev–Trinajstić information content (AvgIpc) is 3.19. The second-order valence-corrected chi connectivity index (χ2v) is 8.53. The second-order valence-electron chi connectivity index (χ2n) is 6.07. The molecule has 2 aromatic heterocycles. The number of hydrogen-bond acceptors (Lipinski definition) is 6. The van der Waals surface area contributed by atoms with Gasteiger partial charge in [-0.25, -0.2) is 4.98 Å². The van der Waals surface area contributed by atoms with E-state index in [1.54, 1.807) is 42.6 Å². The number of aromatic nitrogens is 1. The average molecular weight is 490 g/mol. The summed E-state index contributed by atoms with van der Waals surface area (Å²) in [5.41, 5.74) is 0.827. The van der Waals surface area contributed by atoms with Gasteiger partial charge in [0.1, 0.15) is 11.5 Å². The highest BCUT2D eigenvalue weighted by molar-refractivity contribution is 9.11. The highest BCUT2D eigenvalue weighted by Gasteiger charge is 2.10. The Hall–Kier alpha value is -2.91. The van der Waals surface area contributed by atoms with Crippen LogP contribution in [-0.4, -0.2) is 29.9 Å². The number of rotatable bonds is 9. The van der Waals surface area contributed by atoms with E-state index in [0.29, 0.717) is 29.7 Å². The predicted molar refractivity (Wildman–Crippen MR) is 118 cm³/mol. The minimum Gasteiger partial charge on any atom is -0.494 e. The fourth-order valence-corrected chi connectivity index (χ4v) is 3.76. The van der Waals surface area contributed by atoms with Crippen LogP contribution in [0.4, 0.5) is 0 Å². The summed E-state index contributed by atoms with van der Waals surface area (Å²) >= 11 is 4.61.